The van der Waals surface area contributed by atoms with Crippen LogP contribution >= 0.6 is 23.4 Å². The van der Waals surface area contributed by atoms with E-state index in [1.807, 2.05) is 24.0 Å². The smallest absolute Gasteiger partial charge is 0.251 e. The molecule has 4 rings (SSSR count). The summed E-state index contributed by atoms with van der Waals surface area (Å²) < 4.78 is -0.637. The second-order valence-corrected chi connectivity index (χ2v) is 13.0. The van der Waals surface area contributed by atoms with E-state index in [4.69, 9.17) is 11.6 Å². The Bertz CT molecular complexity index is 1100. The van der Waals surface area contributed by atoms with E-state index < -0.39 is 22.6 Å². The van der Waals surface area contributed by atoms with E-state index in [9.17, 15) is 19.5 Å². The number of fused-ring (bicyclic) bond motifs is 1. The molecule has 3 heterocycles. The number of nitrogens with zero attached hydrogens (tertiary/aromatic N) is 3. The number of aliphatic hydroxyl groups excluding tert-OH is 1. The number of hydrogen-bond donors (Lipinski definition) is 1. The van der Waals surface area contributed by atoms with Crippen LogP contribution < -0.4 is 4.90 Å². The molecule has 3 amide bonds. The summed E-state index contributed by atoms with van der Waals surface area (Å²) in [5.41, 5.74) is 0.703. The first-order valence-corrected chi connectivity index (χ1v) is 15.8. The Hall–Kier alpha value is -2.29. The van der Waals surface area contributed by atoms with Gasteiger partial charge in [0.05, 0.1) is 16.6 Å². The molecule has 2 unspecified atom stereocenters. The van der Waals surface area contributed by atoms with Crippen molar-refractivity contribution in [3.05, 3.63) is 54.6 Å². The maximum atomic E-state index is 14.5. The summed E-state index contributed by atoms with van der Waals surface area (Å²) in [5, 5.41) is 9.78. The highest BCUT2D eigenvalue weighted by Gasteiger charge is 2.74. The zero-order valence-electron chi connectivity index (χ0n) is 23.5. The summed E-state index contributed by atoms with van der Waals surface area (Å²) in [6, 6.07) is 6.49. The van der Waals surface area contributed by atoms with Crippen molar-refractivity contribution in [3.8, 4) is 0 Å². The third-order valence-electron chi connectivity index (χ3n) is 8.50. The molecule has 3 fully saturated rings. The number of benzene rings is 1. The lowest BCUT2D eigenvalue weighted by molar-refractivity contribution is -0.143. The molecule has 1 aromatic carbocycles. The van der Waals surface area contributed by atoms with Gasteiger partial charge in [0.15, 0.2) is 0 Å². The number of rotatable bonds is 15. The first kappa shape index (κ1) is 30.7. The van der Waals surface area contributed by atoms with Gasteiger partial charge in [0.2, 0.25) is 11.8 Å². The van der Waals surface area contributed by atoms with Gasteiger partial charge >= 0.3 is 0 Å². The van der Waals surface area contributed by atoms with E-state index in [0.717, 1.165) is 44.9 Å². The van der Waals surface area contributed by atoms with Crippen molar-refractivity contribution in [1.82, 2.24) is 9.80 Å². The fourth-order valence-electron chi connectivity index (χ4n) is 6.85. The Morgan fingerprint density at radius 1 is 1.12 bits per heavy atom. The van der Waals surface area contributed by atoms with Gasteiger partial charge in [0.25, 0.3) is 5.91 Å². The second-order valence-electron chi connectivity index (χ2n) is 11.0. The molecule has 1 aromatic rings. The van der Waals surface area contributed by atoms with Crippen molar-refractivity contribution in [1.29, 1.82) is 0 Å². The zero-order chi connectivity index (χ0) is 28.9. The largest absolute Gasteiger partial charge is 0.396 e. The first-order valence-electron chi connectivity index (χ1n) is 14.5. The van der Waals surface area contributed by atoms with Crippen molar-refractivity contribution >= 4 is 46.8 Å². The number of carbonyl (C=O) groups is 3. The molecule has 218 valence electrons. The molecule has 2 bridgehead atoms. The standard InChI is InChI=1S/C31H42ClN3O4S/c1-4-17-33(18-5-2)28(37)25-24-15-16-31(40-24)26(25)29(38)35(20-9-7-8-10-21-36)27(31)30(39)34(19-6-3)23-13-11-22(32)12-14-23/h4,6,11-14,24-27,36H,1,3,5,7-10,15-21H2,2H3/t24-,25+,26-,27?,31?/m0/s1. The number of halogens is 1. The molecule has 0 aliphatic carbocycles. The molecule has 40 heavy (non-hydrogen) atoms. The Morgan fingerprint density at radius 3 is 2.48 bits per heavy atom. The zero-order valence-corrected chi connectivity index (χ0v) is 25.0. The Morgan fingerprint density at radius 2 is 1.82 bits per heavy atom. The van der Waals surface area contributed by atoms with Crippen LogP contribution in [-0.4, -0.2) is 81.5 Å². The van der Waals surface area contributed by atoms with Crippen molar-refractivity contribution < 1.29 is 19.5 Å². The molecule has 3 aliphatic rings. The average molecular weight is 588 g/mol. The van der Waals surface area contributed by atoms with Crippen molar-refractivity contribution in [2.24, 2.45) is 11.8 Å². The van der Waals surface area contributed by atoms with Gasteiger partial charge in [0.1, 0.15) is 6.04 Å². The van der Waals surface area contributed by atoms with Crippen LogP contribution in [-0.2, 0) is 14.4 Å². The Labute approximate surface area is 247 Å². The lowest BCUT2D eigenvalue weighted by Gasteiger charge is -2.37. The van der Waals surface area contributed by atoms with Crippen LogP contribution in [0.2, 0.25) is 5.02 Å². The number of carbonyl (C=O) groups excluding carboxylic acids is 3. The Balaban J connectivity index is 1.71. The minimum absolute atomic E-state index is 0.0100. The molecule has 9 heteroatoms. The molecule has 0 aromatic heterocycles. The number of anilines is 1. The average Bonchev–Trinajstić information content (AvgIpc) is 3.59. The number of hydrogen-bond acceptors (Lipinski definition) is 5. The van der Waals surface area contributed by atoms with Crippen LogP contribution in [0.1, 0.15) is 51.9 Å². The highest BCUT2D eigenvalue weighted by atomic mass is 35.5. The van der Waals surface area contributed by atoms with E-state index in [-0.39, 0.29) is 29.6 Å². The molecule has 0 radical (unpaired) electrons. The summed E-state index contributed by atoms with van der Waals surface area (Å²) >= 11 is 7.84. The van der Waals surface area contributed by atoms with Crippen molar-refractivity contribution in [2.75, 3.05) is 37.7 Å². The number of likely N-dealkylation sites (tertiary alicyclic amines) is 1. The second kappa shape index (κ2) is 13.6. The quantitative estimate of drug-likeness (QED) is 0.232. The summed E-state index contributed by atoms with van der Waals surface area (Å²) in [6.07, 6.45) is 9.00. The number of unbranched alkanes of at least 4 members (excludes halogenated alkanes) is 3. The van der Waals surface area contributed by atoms with Gasteiger partial charge in [-0.1, -0.05) is 43.5 Å². The fraction of sp³-hybridized carbons (Fsp3) is 0.581. The van der Waals surface area contributed by atoms with Crippen molar-refractivity contribution in [3.63, 3.8) is 0 Å². The molecule has 7 nitrogen and oxygen atoms in total. The van der Waals surface area contributed by atoms with Crippen LogP contribution in [0.15, 0.2) is 49.6 Å². The highest BCUT2D eigenvalue weighted by molar-refractivity contribution is 8.02. The molecule has 1 spiro atoms. The predicted molar refractivity (Wildman–Crippen MR) is 162 cm³/mol. The van der Waals surface area contributed by atoms with E-state index in [1.54, 1.807) is 45.8 Å². The van der Waals surface area contributed by atoms with Gasteiger partial charge in [-0.15, -0.1) is 24.9 Å². The van der Waals surface area contributed by atoms with Gasteiger partial charge in [-0.3, -0.25) is 14.4 Å². The molecular weight excluding hydrogens is 546 g/mol. The minimum Gasteiger partial charge on any atom is -0.396 e. The molecule has 3 aliphatic heterocycles. The van der Waals surface area contributed by atoms with Crippen LogP contribution in [0, 0.1) is 11.8 Å². The van der Waals surface area contributed by atoms with E-state index >= 15 is 0 Å². The number of amides is 3. The van der Waals surface area contributed by atoms with Crippen LogP contribution in [0.25, 0.3) is 0 Å². The van der Waals surface area contributed by atoms with Gasteiger partial charge < -0.3 is 19.8 Å². The van der Waals surface area contributed by atoms with E-state index in [1.165, 1.54) is 0 Å². The third-order valence-corrected chi connectivity index (χ3v) is 10.7. The molecule has 5 atom stereocenters. The van der Waals surface area contributed by atoms with Crippen LogP contribution in [0.4, 0.5) is 5.69 Å². The highest BCUT2D eigenvalue weighted by Crippen LogP contribution is 2.66. The molecule has 1 N–H and O–H groups in total. The lowest BCUT2D eigenvalue weighted by atomic mass is 9.70. The monoisotopic (exact) mass is 587 g/mol. The molecular formula is C31H42ClN3O4S. The number of aliphatic hydroxyl groups is 1. The van der Waals surface area contributed by atoms with Crippen LogP contribution in [0.5, 0.6) is 0 Å². The van der Waals surface area contributed by atoms with Gasteiger partial charge in [0, 0.05) is 48.7 Å². The third kappa shape index (κ3) is 5.72. The summed E-state index contributed by atoms with van der Waals surface area (Å²) in [6.45, 7) is 11.7. The number of thioether (sulfide) groups is 1. The Kier molecular flexibility index (Phi) is 10.4. The fourth-order valence-corrected chi connectivity index (χ4v) is 9.18. The summed E-state index contributed by atoms with van der Waals surface area (Å²) in [7, 11) is 0. The first-order chi connectivity index (χ1) is 19.3. The van der Waals surface area contributed by atoms with Gasteiger partial charge in [-0.05, 0) is 56.4 Å². The SMILES string of the molecule is C=CCN(CCC)C(=O)[C@@H]1[C@@H]2CCC3(S2)C(C(=O)N(CC=C)c2ccc(Cl)cc2)N(CCCCCCO)C(=O)[C@H]13. The summed E-state index contributed by atoms with van der Waals surface area (Å²) in [5.74, 6) is -1.15. The lowest BCUT2D eigenvalue weighted by Crippen LogP contribution is -2.55. The van der Waals surface area contributed by atoms with E-state index in [2.05, 4.69) is 13.2 Å². The minimum atomic E-state index is -0.662. The molecule has 0 saturated carbocycles. The maximum absolute atomic E-state index is 14.5. The topological polar surface area (TPSA) is 81.2 Å². The normalized spacial score (nSPS) is 26.6. The summed E-state index contributed by atoms with van der Waals surface area (Å²) in [4.78, 5) is 48.1. The maximum Gasteiger partial charge on any atom is 0.251 e. The van der Waals surface area contributed by atoms with E-state index in [0.29, 0.717) is 36.9 Å². The van der Waals surface area contributed by atoms with Crippen LogP contribution in [0.3, 0.4) is 0 Å². The predicted octanol–water partition coefficient (Wildman–Crippen LogP) is 4.93. The van der Waals surface area contributed by atoms with Crippen molar-refractivity contribution in [2.45, 2.75) is 67.9 Å². The van der Waals surface area contributed by atoms with Gasteiger partial charge in [-0.2, -0.15) is 0 Å². The van der Waals surface area contributed by atoms with Gasteiger partial charge in [-0.25, -0.2) is 0 Å². The molecule has 3 saturated heterocycles.